The first-order valence-corrected chi connectivity index (χ1v) is 24.1. The van der Waals surface area contributed by atoms with E-state index in [1.807, 2.05) is 3.28 Å². The average Bonchev–Trinajstić information content (AvgIpc) is 3.48. The summed E-state index contributed by atoms with van der Waals surface area (Å²) in [5, 5.41) is 1.69. The van der Waals surface area contributed by atoms with Gasteiger partial charge in [-0.05, 0) is 0 Å². The molecule has 0 atom stereocenters. The van der Waals surface area contributed by atoms with Crippen molar-refractivity contribution < 1.29 is 46.1 Å². The van der Waals surface area contributed by atoms with Crippen molar-refractivity contribution >= 4 is 11.3 Å². The van der Waals surface area contributed by atoms with Gasteiger partial charge in [-0.15, -0.1) is 0 Å². The zero-order valence-corrected chi connectivity index (χ0v) is 34.8. The maximum absolute atomic E-state index is 2.76. The molecule has 0 unspecified atom stereocenters. The zero-order chi connectivity index (χ0) is 30.8. The third kappa shape index (κ3) is 5.77. The minimum atomic E-state index is -2.27. The van der Waals surface area contributed by atoms with Crippen LogP contribution in [0.3, 0.4) is 0 Å². The Hall–Kier alpha value is -0.530. The summed E-state index contributed by atoms with van der Waals surface area (Å²) in [4.78, 5) is 0. The van der Waals surface area contributed by atoms with E-state index in [4.69, 9.17) is 0 Å². The second-order valence-electron chi connectivity index (χ2n) is 18.1. The maximum Gasteiger partial charge on any atom is -1.00 e. The molecule has 2 aromatic carbocycles. The van der Waals surface area contributed by atoms with Gasteiger partial charge < -0.3 is 24.8 Å². The molecular weight excluding hydrogens is 671 g/mol. The summed E-state index contributed by atoms with van der Waals surface area (Å²) in [6.45, 7) is 32.6. The van der Waals surface area contributed by atoms with E-state index in [1.54, 1.807) is 52.9 Å². The predicted molar refractivity (Wildman–Crippen MR) is 185 cm³/mol. The smallest absolute Gasteiger partial charge is 1.00 e. The van der Waals surface area contributed by atoms with Crippen molar-refractivity contribution in [2.45, 2.75) is 146 Å². The Labute approximate surface area is 291 Å². The maximum atomic E-state index is 2.76. The molecule has 238 valence electrons. The first-order chi connectivity index (χ1) is 19.2. The van der Waals surface area contributed by atoms with Crippen molar-refractivity contribution in [3.8, 4) is 11.1 Å². The molecule has 4 heteroatoms. The third-order valence-corrected chi connectivity index (χ3v) is 22.1. The monoisotopic (exact) mass is 724 g/mol. The number of rotatable bonds is 3. The molecule has 6 rings (SSSR count). The van der Waals surface area contributed by atoms with E-state index < -0.39 is 29.3 Å². The van der Waals surface area contributed by atoms with Crippen molar-refractivity contribution in [3.63, 3.8) is 0 Å². The molecule has 0 N–H and O–H groups in total. The molecular formula is C40H56Cl2SiZr. The van der Waals surface area contributed by atoms with Crippen LogP contribution in [0.5, 0.6) is 0 Å². The van der Waals surface area contributed by atoms with Crippen molar-refractivity contribution in [2.24, 2.45) is 0 Å². The SMILES string of the molecule is C[C](C)=[Zr+2]([C]1=CC([Si](C)(C)C)=CC1)[CH]1c2cc3c(cc2-c2cc4c(cc21)C(C)(C)CCC4(C)C)C(C)(C)CCC3(C)C.[Cl-].[Cl-]. The van der Waals surface area contributed by atoms with E-state index in [0.717, 1.165) is 0 Å². The molecule has 4 aliphatic carbocycles. The molecule has 2 aromatic rings. The normalized spacial score (nSPS) is 21.6. The van der Waals surface area contributed by atoms with Gasteiger partial charge in [0.05, 0.1) is 0 Å². The van der Waals surface area contributed by atoms with Crippen LogP contribution in [0.15, 0.2) is 44.9 Å². The minimum Gasteiger partial charge on any atom is -1.00 e. The van der Waals surface area contributed by atoms with Crippen molar-refractivity contribution in [1.29, 1.82) is 0 Å². The minimum absolute atomic E-state index is 0. The summed E-state index contributed by atoms with van der Waals surface area (Å²) in [5.41, 5.74) is 14.0. The molecule has 0 heterocycles. The van der Waals surface area contributed by atoms with E-state index in [2.05, 4.69) is 125 Å². The molecule has 0 radical (unpaired) electrons. The first kappa shape index (κ1) is 36.3. The van der Waals surface area contributed by atoms with Gasteiger partial charge in [-0.25, -0.2) is 0 Å². The largest absolute Gasteiger partial charge is 1.00 e. The summed E-state index contributed by atoms with van der Waals surface area (Å²) in [7, 11) is -1.33. The van der Waals surface area contributed by atoms with Crippen molar-refractivity contribution in [2.75, 3.05) is 0 Å². The fourth-order valence-corrected chi connectivity index (χ4v) is 18.6. The van der Waals surface area contributed by atoms with Crippen LogP contribution in [0.1, 0.15) is 138 Å². The van der Waals surface area contributed by atoms with Gasteiger partial charge in [0.15, 0.2) is 0 Å². The zero-order valence-electron chi connectivity index (χ0n) is 29.8. The molecule has 0 saturated carbocycles. The van der Waals surface area contributed by atoms with E-state index >= 15 is 0 Å². The number of fused-ring (bicyclic) bond motifs is 5. The van der Waals surface area contributed by atoms with Gasteiger partial charge in [-0.2, -0.15) is 0 Å². The Morgan fingerprint density at radius 3 is 1.32 bits per heavy atom. The van der Waals surface area contributed by atoms with Gasteiger partial charge in [-0.1, -0.05) is 0 Å². The Morgan fingerprint density at radius 2 is 1.00 bits per heavy atom. The van der Waals surface area contributed by atoms with Gasteiger partial charge in [0.25, 0.3) is 0 Å². The standard InChI is InChI=1S/C29H37.C8H13Si.C3H6.2ClH.Zr/c1-26(2)9-11-28(5,6)24-16-20-18(14-22(24)26)13-19-15-23-25(17-21(19)20)29(7,8)12-10-27(23,3)4;1-9(2,3)8-6-4-5-7-8;1-3-2;;;/h13-17H,9-12H2,1-8H3;6-7H,4H2,1-3H3;1-2H3;2*1H;/q;;;;;+2/p-2. The second kappa shape index (κ2) is 11.6. The molecule has 0 aliphatic heterocycles. The molecule has 44 heavy (non-hydrogen) atoms. The van der Waals surface area contributed by atoms with Gasteiger partial charge in [-0.3, -0.25) is 0 Å². The van der Waals surface area contributed by atoms with E-state index in [9.17, 15) is 0 Å². The van der Waals surface area contributed by atoms with Crippen molar-refractivity contribution in [3.05, 3.63) is 78.3 Å². The number of hydrogen-bond donors (Lipinski definition) is 0. The molecule has 0 saturated heterocycles. The Morgan fingerprint density at radius 1 is 0.636 bits per heavy atom. The van der Waals surface area contributed by atoms with Gasteiger partial charge in [0, 0.05) is 0 Å². The summed E-state index contributed by atoms with van der Waals surface area (Å²) in [6.07, 6.45) is 11.6. The van der Waals surface area contributed by atoms with Crippen LogP contribution in [0, 0.1) is 0 Å². The van der Waals surface area contributed by atoms with E-state index in [0.29, 0.717) is 3.63 Å². The van der Waals surface area contributed by atoms with Gasteiger partial charge in [0.2, 0.25) is 0 Å². The fourth-order valence-electron chi connectivity index (χ4n) is 8.72. The molecule has 0 bridgehead atoms. The number of hydrogen-bond acceptors (Lipinski definition) is 0. The fraction of sp³-hybridized carbons (Fsp3) is 0.575. The summed E-state index contributed by atoms with van der Waals surface area (Å²) in [5.74, 6) is 0. The quantitative estimate of drug-likeness (QED) is 0.373. The van der Waals surface area contributed by atoms with Crippen LogP contribution in [0.2, 0.25) is 19.6 Å². The second-order valence-corrected chi connectivity index (χ2v) is 30.7. The van der Waals surface area contributed by atoms with Gasteiger partial charge >= 0.3 is 268 Å². The number of allylic oxidation sites excluding steroid dienone is 4. The molecule has 0 amide bonds. The van der Waals surface area contributed by atoms with Gasteiger partial charge in [0.1, 0.15) is 0 Å². The van der Waals surface area contributed by atoms with Crippen LogP contribution in [-0.4, -0.2) is 11.3 Å². The number of benzene rings is 2. The van der Waals surface area contributed by atoms with Crippen LogP contribution in [0.25, 0.3) is 11.1 Å². The molecule has 0 fully saturated rings. The first-order valence-electron chi connectivity index (χ1n) is 16.7. The molecule has 0 spiro atoms. The average molecular weight is 727 g/mol. The topological polar surface area (TPSA) is 0 Å². The number of halogens is 2. The summed E-state index contributed by atoms with van der Waals surface area (Å²) >= 11 is -2.27. The molecule has 0 aromatic heterocycles. The summed E-state index contributed by atoms with van der Waals surface area (Å²) < 4.78 is 4.18. The van der Waals surface area contributed by atoms with Crippen LogP contribution in [0.4, 0.5) is 0 Å². The predicted octanol–water partition coefficient (Wildman–Crippen LogP) is 5.38. The third-order valence-electron chi connectivity index (χ3n) is 11.9. The van der Waals surface area contributed by atoms with Crippen molar-refractivity contribution in [1.82, 2.24) is 0 Å². The molecule has 4 aliphatic rings. The van der Waals surface area contributed by atoms with Crippen LogP contribution < -0.4 is 24.8 Å². The molecule has 0 nitrogen and oxygen atoms in total. The van der Waals surface area contributed by atoms with Crippen LogP contribution in [-0.2, 0) is 42.9 Å². The Balaban J connectivity index is 0.00000221. The van der Waals surface area contributed by atoms with E-state index in [1.165, 1.54) is 32.1 Å². The van der Waals surface area contributed by atoms with E-state index in [-0.39, 0.29) is 46.5 Å². The Bertz CT molecular complexity index is 1520. The summed E-state index contributed by atoms with van der Waals surface area (Å²) in [6, 6.07) is 10.9. The van der Waals surface area contributed by atoms with Crippen LogP contribution >= 0.6 is 0 Å². The Kier molecular flexibility index (Phi) is 9.54.